The number of rotatable bonds is 10. The summed E-state index contributed by atoms with van der Waals surface area (Å²) in [7, 11) is 3.28. The number of nitrogens with one attached hydrogen (secondary N) is 1. The normalized spacial score (nSPS) is 17.8. The van der Waals surface area contributed by atoms with Gasteiger partial charge in [0.25, 0.3) is 5.91 Å². The van der Waals surface area contributed by atoms with Gasteiger partial charge in [-0.2, -0.15) is 0 Å². The Morgan fingerprint density at radius 1 is 1.09 bits per heavy atom. The second-order valence-corrected chi connectivity index (χ2v) is 8.44. The molecule has 1 fully saturated rings. The number of benzene rings is 2. The largest absolute Gasteiger partial charge is 0.493 e. The van der Waals surface area contributed by atoms with Crippen LogP contribution in [-0.4, -0.2) is 63.4 Å². The minimum Gasteiger partial charge on any atom is -0.493 e. The zero-order valence-electron chi connectivity index (χ0n) is 20.1. The predicted octanol–water partition coefficient (Wildman–Crippen LogP) is 4.53. The Morgan fingerprint density at radius 2 is 1.85 bits per heavy atom. The minimum atomic E-state index is 0. The van der Waals surface area contributed by atoms with E-state index in [4.69, 9.17) is 14.2 Å². The molecule has 1 amide bonds. The molecule has 0 unspecified atom stereocenters. The fraction of sp³-hybridized carbons (Fsp3) is 0.500. The first kappa shape index (κ1) is 27.0. The van der Waals surface area contributed by atoms with Gasteiger partial charge in [0.1, 0.15) is 0 Å². The molecule has 0 radical (unpaired) electrons. The van der Waals surface area contributed by atoms with E-state index in [0.717, 1.165) is 25.9 Å². The first-order valence-electron chi connectivity index (χ1n) is 11.4. The summed E-state index contributed by atoms with van der Waals surface area (Å²) in [4.78, 5) is 15.8. The van der Waals surface area contributed by atoms with Crippen molar-refractivity contribution >= 4 is 18.3 Å². The molecule has 33 heavy (non-hydrogen) atoms. The summed E-state index contributed by atoms with van der Waals surface area (Å²) in [5.74, 6) is 1.52. The quantitative estimate of drug-likeness (QED) is 0.510. The lowest BCUT2D eigenvalue weighted by molar-refractivity contribution is 0.0537. The van der Waals surface area contributed by atoms with E-state index in [2.05, 4.69) is 43.4 Å². The SMILES string of the molecule is COCCCOc1cc(C(=O)N(C(C)C)[C@H]2CNCC[C@@H]2c2ccccc2)ccc1OC.Cl. The van der Waals surface area contributed by atoms with Crippen LogP contribution in [0.25, 0.3) is 0 Å². The summed E-state index contributed by atoms with van der Waals surface area (Å²) in [6.45, 7) is 7.02. The Balaban J connectivity index is 0.00000385. The molecule has 1 aliphatic rings. The second kappa shape index (κ2) is 13.4. The van der Waals surface area contributed by atoms with Gasteiger partial charge in [-0.25, -0.2) is 0 Å². The van der Waals surface area contributed by atoms with Crippen LogP contribution in [0.1, 0.15) is 48.5 Å². The maximum Gasteiger partial charge on any atom is 0.254 e. The Morgan fingerprint density at radius 3 is 2.52 bits per heavy atom. The van der Waals surface area contributed by atoms with Crippen LogP contribution in [0.4, 0.5) is 0 Å². The molecule has 1 heterocycles. The molecule has 0 saturated carbocycles. The van der Waals surface area contributed by atoms with Gasteiger partial charge in [0.15, 0.2) is 11.5 Å². The van der Waals surface area contributed by atoms with Crippen molar-refractivity contribution in [3.63, 3.8) is 0 Å². The van der Waals surface area contributed by atoms with Gasteiger partial charge in [-0.3, -0.25) is 4.79 Å². The molecule has 0 aromatic heterocycles. The fourth-order valence-electron chi connectivity index (χ4n) is 4.45. The van der Waals surface area contributed by atoms with Crippen LogP contribution >= 0.6 is 12.4 Å². The molecular weight excluding hydrogens is 440 g/mol. The van der Waals surface area contributed by atoms with E-state index >= 15 is 0 Å². The Bertz CT molecular complexity index is 863. The van der Waals surface area contributed by atoms with Gasteiger partial charge in [0.2, 0.25) is 0 Å². The highest BCUT2D eigenvalue weighted by Gasteiger charge is 2.35. The first-order valence-corrected chi connectivity index (χ1v) is 11.4. The van der Waals surface area contributed by atoms with Crippen LogP contribution in [0.3, 0.4) is 0 Å². The van der Waals surface area contributed by atoms with Gasteiger partial charge in [0.05, 0.1) is 19.8 Å². The van der Waals surface area contributed by atoms with Crippen LogP contribution in [0, 0.1) is 0 Å². The molecule has 1 saturated heterocycles. The third-order valence-electron chi connectivity index (χ3n) is 5.99. The number of ether oxygens (including phenoxy) is 3. The summed E-state index contributed by atoms with van der Waals surface area (Å²) >= 11 is 0. The monoisotopic (exact) mass is 476 g/mol. The first-order chi connectivity index (χ1) is 15.6. The highest BCUT2D eigenvalue weighted by Crippen LogP contribution is 2.33. The van der Waals surface area contributed by atoms with E-state index in [9.17, 15) is 4.79 Å². The van der Waals surface area contributed by atoms with Crippen LogP contribution in [-0.2, 0) is 4.74 Å². The number of carbonyl (C=O) groups excluding carboxylic acids is 1. The lowest BCUT2D eigenvalue weighted by atomic mass is 9.84. The molecule has 0 bridgehead atoms. The van der Waals surface area contributed by atoms with Gasteiger partial charge in [-0.05, 0) is 50.6 Å². The number of amides is 1. The minimum absolute atomic E-state index is 0. The molecular formula is C26H37ClN2O4. The molecule has 0 spiro atoms. The maximum absolute atomic E-state index is 13.8. The molecule has 182 valence electrons. The zero-order chi connectivity index (χ0) is 22.9. The number of hydrogen-bond acceptors (Lipinski definition) is 5. The van der Waals surface area contributed by atoms with E-state index in [1.54, 1.807) is 20.3 Å². The van der Waals surface area contributed by atoms with E-state index in [-0.39, 0.29) is 30.4 Å². The molecule has 7 heteroatoms. The van der Waals surface area contributed by atoms with Crippen LogP contribution in [0.15, 0.2) is 48.5 Å². The highest BCUT2D eigenvalue weighted by molar-refractivity contribution is 5.95. The van der Waals surface area contributed by atoms with E-state index in [1.807, 2.05) is 23.1 Å². The van der Waals surface area contributed by atoms with Gasteiger partial charge >= 0.3 is 0 Å². The Hall–Kier alpha value is -2.28. The van der Waals surface area contributed by atoms with Gasteiger partial charge in [-0.15, -0.1) is 12.4 Å². The molecule has 6 nitrogen and oxygen atoms in total. The zero-order valence-corrected chi connectivity index (χ0v) is 20.9. The van der Waals surface area contributed by atoms with Gasteiger partial charge in [0, 0.05) is 44.2 Å². The maximum atomic E-state index is 13.8. The number of methoxy groups -OCH3 is 2. The number of hydrogen-bond donors (Lipinski definition) is 1. The summed E-state index contributed by atoms with van der Waals surface area (Å²) in [5, 5.41) is 3.50. The predicted molar refractivity (Wildman–Crippen MR) is 134 cm³/mol. The van der Waals surface area contributed by atoms with Crippen LogP contribution in [0.2, 0.25) is 0 Å². The number of halogens is 1. The van der Waals surface area contributed by atoms with Crippen molar-refractivity contribution in [2.45, 2.75) is 44.7 Å². The third kappa shape index (κ3) is 6.85. The summed E-state index contributed by atoms with van der Waals surface area (Å²) in [6.07, 6.45) is 1.77. The van der Waals surface area contributed by atoms with Crippen molar-refractivity contribution in [1.29, 1.82) is 0 Å². The van der Waals surface area contributed by atoms with Crippen molar-refractivity contribution < 1.29 is 19.0 Å². The third-order valence-corrected chi connectivity index (χ3v) is 5.99. The number of nitrogens with zero attached hydrogens (tertiary/aromatic N) is 1. The number of piperidine rings is 1. The lowest BCUT2D eigenvalue weighted by Gasteiger charge is -2.43. The average Bonchev–Trinajstić information content (AvgIpc) is 2.82. The molecule has 2 atom stereocenters. The highest BCUT2D eigenvalue weighted by atomic mass is 35.5. The van der Waals surface area contributed by atoms with Crippen molar-refractivity contribution in [1.82, 2.24) is 10.2 Å². The standard InChI is InChI=1S/C26H36N2O4.ClH/c1-19(2)28(23-18-27-14-13-22(23)20-9-6-5-7-10-20)26(29)21-11-12-24(31-4)25(17-21)32-16-8-15-30-3;/h5-7,9-12,17,19,22-23,27H,8,13-16,18H2,1-4H3;1H/t22-,23+;/m1./s1. The van der Waals surface area contributed by atoms with Crippen LogP contribution in [0.5, 0.6) is 11.5 Å². The molecule has 1 aliphatic heterocycles. The van der Waals surface area contributed by atoms with E-state index in [1.165, 1.54) is 5.56 Å². The molecule has 0 aliphatic carbocycles. The Labute approximate surface area is 204 Å². The molecule has 2 aromatic rings. The fourth-order valence-corrected chi connectivity index (χ4v) is 4.45. The Kier molecular flexibility index (Phi) is 11.0. The van der Waals surface area contributed by atoms with Crippen molar-refractivity contribution in [2.24, 2.45) is 0 Å². The van der Waals surface area contributed by atoms with E-state index in [0.29, 0.717) is 36.2 Å². The topological polar surface area (TPSA) is 60.0 Å². The second-order valence-electron chi connectivity index (χ2n) is 8.44. The molecule has 2 aromatic carbocycles. The molecule has 1 N–H and O–H groups in total. The van der Waals surface area contributed by atoms with Crippen molar-refractivity contribution in [3.05, 3.63) is 59.7 Å². The van der Waals surface area contributed by atoms with Crippen molar-refractivity contribution in [3.8, 4) is 11.5 Å². The summed E-state index contributed by atoms with van der Waals surface area (Å²) in [5.41, 5.74) is 1.90. The summed E-state index contributed by atoms with van der Waals surface area (Å²) < 4.78 is 16.4. The average molecular weight is 477 g/mol. The van der Waals surface area contributed by atoms with Crippen molar-refractivity contribution in [2.75, 3.05) is 40.5 Å². The number of carbonyl (C=O) groups is 1. The summed E-state index contributed by atoms with van der Waals surface area (Å²) in [6, 6.07) is 16.1. The smallest absolute Gasteiger partial charge is 0.254 e. The van der Waals surface area contributed by atoms with Gasteiger partial charge in [-0.1, -0.05) is 30.3 Å². The van der Waals surface area contributed by atoms with Crippen LogP contribution < -0.4 is 14.8 Å². The molecule has 3 rings (SSSR count). The van der Waals surface area contributed by atoms with E-state index < -0.39 is 0 Å². The lowest BCUT2D eigenvalue weighted by Crippen LogP contribution is -2.54. The van der Waals surface area contributed by atoms with Gasteiger partial charge < -0.3 is 24.4 Å².